The Hall–Kier alpha value is -2.90. The second-order valence-corrected chi connectivity index (χ2v) is 8.16. The molecule has 8 nitrogen and oxygen atoms in total. The number of amides is 1. The third kappa shape index (κ3) is 5.24. The van der Waals surface area contributed by atoms with Gasteiger partial charge in [-0.05, 0) is 56.9 Å². The van der Waals surface area contributed by atoms with E-state index in [1.807, 2.05) is 24.0 Å². The number of hydrogen-bond acceptors (Lipinski definition) is 7. The van der Waals surface area contributed by atoms with Crippen LogP contribution in [0, 0.1) is 5.92 Å². The molecule has 0 N–H and O–H groups in total. The maximum Gasteiger partial charge on any atom is 0.309 e. The van der Waals surface area contributed by atoms with Crippen LogP contribution in [-0.2, 0) is 20.7 Å². The van der Waals surface area contributed by atoms with Crippen molar-refractivity contribution >= 4 is 17.6 Å². The van der Waals surface area contributed by atoms with E-state index >= 15 is 0 Å². The molecule has 0 spiro atoms. The lowest BCUT2D eigenvalue weighted by molar-refractivity contribution is -0.151. The molecule has 8 heteroatoms. The van der Waals surface area contributed by atoms with Crippen LogP contribution in [0.4, 0.5) is 5.69 Å². The summed E-state index contributed by atoms with van der Waals surface area (Å²) in [7, 11) is 0. The Morgan fingerprint density at radius 1 is 1.10 bits per heavy atom. The molecule has 0 bridgehead atoms. The molecule has 0 saturated carbocycles. The highest BCUT2D eigenvalue weighted by atomic mass is 16.5. The highest BCUT2D eigenvalue weighted by Gasteiger charge is 2.28. The minimum atomic E-state index is -0.151. The smallest absolute Gasteiger partial charge is 0.309 e. The van der Waals surface area contributed by atoms with Gasteiger partial charge in [-0.15, -0.1) is 0 Å². The number of hydrogen-bond donors (Lipinski definition) is 0. The van der Waals surface area contributed by atoms with Gasteiger partial charge in [-0.25, -0.2) is 0 Å². The summed E-state index contributed by atoms with van der Waals surface area (Å²) >= 11 is 0. The van der Waals surface area contributed by atoms with Crippen molar-refractivity contribution in [2.75, 3.05) is 37.7 Å². The topological polar surface area (TPSA) is 88.8 Å². The zero-order valence-electron chi connectivity index (χ0n) is 18.1. The number of ether oxygens (including phenoxy) is 1. The van der Waals surface area contributed by atoms with E-state index in [-0.39, 0.29) is 17.8 Å². The van der Waals surface area contributed by atoms with Crippen LogP contribution in [0.5, 0.6) is 0 Å². The zero-order valence-corrected chi connectivity index (χ0v) is 18.1. The number of likely N-dealkylation sites (tertiary alicyclic amines) is 1. The van der Waals surface area contributed by atoms with Gasteiger partial charge in [0.2, 0.25) is 17.6 Å². The second-order valence-electron chi connectivity index (χ2n) is 8.16. The lowest BCUT2D eigenvalue weighted by atomic mass is 9.97. The van der Waals surface area contributed by atoms with Gasteiger partial charge in [-0.1, -0.05) is 5.16 Å². The summed E-state index contributed by atoms with van der Waals surface area (Å²) in [5, 5.41) is 4.07. The number of nitrogens with zero attached hydrogens (tertiary/aromatic N) is 4. The summed E-state index contributed by atoms with van der Waals surface area (Å²) in [6.07, 6.45) is 4.54. The van der Waals surface area contributed by atoms with Gasteiger partial charge in [0.1, 0.15) is 0 Å². The lowest BCUT2D eigenvalue weighted by Crippen LogP contribution is -2.40. The quantitative estimate of drug-likeness (QED) is 0.629. The summed E-state index contributed by atoms with van der Waals surface area (Å²) in [6.45, 7) is 5.60. The minimum Gasteiger partial charge on any atom is -0.466 e. The predicted molar refractivity (Wildman–Crippen MR) is 115 cm³/mol. The van der Waals surface area contributed by atoms with Gasteiger partial charge in [0, 0.05) is 50.3 Å². The van der Waals surface area contributed by atoms with Crippen LogP contribution >= 0.6 is 0 Å². The van der Waals surface area contributed by atoms with Gasteiger partial charge in [-0.3, -0.25) is 9.59 Å². The van der Waals surface area contributed by atoms with Crippen LogP contribution in [0.2, 0.25) is 0 Å². The first-order valence-electron chi connectivity index (χ1n) is 11.3. The van der Waals surface area contributed by atoms with Crippen molar-refractivity contribution in [1.29, 1.82) is 0 Å². The summed E-state index contributed by atoms with van der Waals surface area (Å²) < 4.78 is 10.4. The molecule has 0 radical (unpaired) electrons. The Kier molecular flexibility index (Phi) is 6.84. The van der Waals surface area contributed by atoms with E-state index in [1.54, 1.807) is 0 Å². The van der Waals surface area contributed by atoms with Crippen LogP contribution in [0.25, 0.3) is 11.4 Å². The second kappa shape index (κ2) is 9.94. The average molecular weight is 427 g/mol. The molecule has 4 rings (SSSR count). The van der Waals surface area contributed by atoms with E-state index in [4.69, 9.17) is 9.26 Å². The number of aryl methyl sites for hydroxylation is 1. The highest BCUT2D eigenvalue weighted by Crippen LogP contribution is 2.24. The molecule has 1 aromatic heterocycles. The molecular formula is C23H30N4O4. The van der Waals surface area contributed by atoms with Crippen LogP contribution in [0.3, 0.4) is 0 Å². The normalized spacial score (nSPS) is 17.2. The molecule has 0 atom stereocenters. The van der Waals surface area contributed by atoms with Crippen LogP contribution < -0.4 is 4.90 Å². The Labute approximate surface area is 182 Å². The minimum absolute atomic E-state index is 0.0528. The van der Waals surface area contributed by atoms with Crippen molar-refractivity contribution in [2.24, 2.45) is 5.92 Å². The molecule has 1 amide bonds. The Morgan fingerprint density at radius 3 is 2.48 bits per heavy atom. The van der Waals surface area contributed by atoms with Gasteiger partial charge in [0.05, 0.1) is 12.5 Å². The van der Waals surface area contributed by atoms with E-state index < -0.39 is 0 Å². The first-order valence-corrected chi connectivity index (χ1v) is 11.3. The molecular weight excluding hydrogens is 396 g/mol. The molecule has 31 heavy (non-hydrogen) atoms. The molecule has 2 saturated heterocycles. The number of carbonyl (C=O) groups excluding carboxylic acids is 2. The zero-order chi connectivity index (χ0) is 21.6. The Morgan fingerprint density at radius 2 is 1.81 bits per heavy atom. The predicted octanol–water partition coefficient (Wildman–Crippen LogP) is 3.07. The summed E-state index contributed by atoms with van der Waals surface area (Å²) in [4.78, 5) is 33.0. The maximum absolute atomic E-state index is 12.5. The number of piperidine rings is 1. The van der Waals surface area contributed by atoms with Crippen LogP contribution in [0.1, 0.15) is 44.9 Å². The van der Waals surface area contributed by atoms with Gasteiger partial charge < -0.3 is 19.1 Å². The fourth-order valence-corrected chi connectivity index (χ4v) is 4.27. The van der Waals surface area contributed by atoms with E-state index in [9.17, 15) is 9.59 Å². The molecule has 2 aliphatic rings. The van der Waals surface area contributed by atoms with Gasteiger partial charge in [-0.2, -0.15) is 4.98 Å². The van der Waals surface area contributed by atoms with Crippen molar-refractivity contribution in [2.45, 2.75) is 45.4 Å². The van der Waals surface area contributed by atoms with Gasteiger partial charge in [0.15, 0.2) is 0 Å². The molecule has 2 fully saturated rings. The van der Waals surface area contributed by atoms with Crippen molar-refractivity contribution < 1.29 is 18.8 Å². The molecule has 0 aliphatic carbocycles. The van der Waals surface area contributed by atoms with E-state index in [0.29, 0.717) is 57.1 Å². The number of benzene rings is 1. The van der Waals surface area contributed by atoms with Crippen molar-refractivity contribution in [1.82, 2.24) is 15.0 Å². The summed E-state index contributed by atoms with van der Waals surface area (Å²) in [6, 6.07) is 8.22. The number of aromatic nitrogens is 2. The van der Waals surface area contributed by atoms with Crippen molar-refractivity contribution in [3.05, 3.63) is 30.2 Å². The van der Waals surface area contributed by atoms with E-state index in [2.05, 4.69) is 27.2 Å². The Balaban J connectivity index is 1.26. The van der Waals surface area contributed by atoms with Crippen molar-refractivity contribution in [3.8, 4) is 11.4 Å². The van der Waals surface area contributed by atoms with Crippen LogP contribution in [-0.4, -0.2) is 59.7 Å². The largest absolute Gasteiger partial charge is 0.466 e. The number of anilines is 1. The van der Waals surface area contributed by atoms with Gasteiger partial charge in [0.25, 0.3) is 0 Å². The molecule has 0 unspecified atom stereocenters. The standard InChI is InChI=1S/C23H30N4O4/c1-2-30-23(29)18-11-15-27(16-12-18)21(28)10-9-20-24-22(25-31-20)17-5-7-19(8-6-17)26-13-3-4-14-26/h5-8,18H,2-4,9-16H2,1H3. The Bertz CT molecular complexity index is 881. The molecule has 2 aromatic rings. The number of carbonyl (C=O) groups is 2. The fraction of sp³-hybridized carbons (Fsp3) is 0.565. The molecule has 166 valence electrons. The van der Waals surface area contributed by atoms with Crippen LogP contribution in [0.15, 0.2) is 28.8 Å². The van der Waals surface area contributed by atoms with E-state index in [0.717, 1.165) is 18.7 Å². The van der Waals surface area contributed by atoms with E-state index in [1.165, 1.54) is 18.5 Å². The lowest BCUT2D eigenvalue weighted by Gasteiger charge is -2.30. The average Bonchev–Trinajstić information content (AvgIpc) is 3.50. The summed E-state index contributed by atoms with van der Waals surface area (Å²) in [5.74, 6) is 0.817. The number of rotatable bonds is 7. The monoisotopic (exact) mass is 426 g/mol. The molecule has 3 heterocycles. The third-order valence-electron chi connectivity index (χ3n) is 6.09. The molecule has 1 aromatic carbocycles. The molecule has 2 aliphatic heterocycles. The van der Waals surface area contributed by atoms with Crippen molar-refractivity contribution in [3.63, 3.8) is 0 Å². The highest BCUT2D eigenvalue weighted by molar-refractivity contribution is 5.77. The maximum atomic E-state index is 12.5. The fourth-order valence-electron chi connectivity index (χ4n) is 4.27. The SMILES string of the molecule is CCOC(=O)C1CCN(C(=O)CCc2nc(-c3ccc(N4CCCC4)cc3)no2)CC1. The summed E-state index contributed by atoms with van der Waals surface area (Å²) in [5.41, 5.74) is 2.13. The first kappa shape index (κ1) is 21.3. The first-order chi connectivity index (χ1) is 15.1. The number of esters is 1. The van der Waals surface area contributed by atoms with Gasteiger partial charge >= 0.3 is 5.97 Å². The third-order valence-corrected chi connectivity index (χ3v) is 6.09.